The van der Waals surface area contributed by atoms with Crippen molar-refractivity contribution in [3.05, 3.63) is 45.5 Å². The van der Waals surface area contributed by atoms with E-state index >= 15 is 0 Å². The maximum Gasteiger partial charge on any atom is 0.293 e. The van der Waals surface area contributed by atoms with Gasteiger partial charge in [-0.15, -0.1) is 10.2 Å². The molecule has 2 aromatic rings. The van der Waals surface area contributed by atoms with Crippen LogP contribution in [0.1, 0.15) is 44.9 Å². The summed E-state index contributed by atoms with van der Waals surface area (Å²) in [5.41, 5.74) is 1.40. The summed E-state index contributed by atoms with van der Waals surface area (Å²) in [5, 5.41) is 23.9. The number of nitro benzene ring substituents is 1. The molecule has 146 valence electrons. The third-order valence-electron chi connectivity index (χ3n) is 3.98. The van der Waals surface area contributed by atoms with Gasteiger partial charge in [-0.25, -0.2) is 4.68 Å². The Hall–Kier alpha value is -2.77. The molecule has 0 saturated carbocycles. The number of aromatic nitrogens is 3. The van der Waals surface area contributed by atoms with Gasteiger partial charge in [-0.3, -0.25) is 10.1 Å². The van der Waals surface area contributed by atoms with Gasteiger partial charge in [0.15, 0.2) is 11.6 Å². The van der Waals surface area contributed by atoms with E-state index in [2.05, 4.69) is 47.9 Å². The van der Waals surface area contributed by atoms with Gasteiger partial charge in [0.1, 0.15) is 5.69 Å². The molecule has 0 saturated heterocycles. The van der Waals surface area contributed by atoms with E-state index in [1.165, 1.54) is 0 Å². The number of benzene rings is 1. The Labute approximate surface area is 160 Å². The van der Waals surface area contributed by atoms with Crippen molar-refractivity contribution in [1.82, 2.24) is 14.9 Å². The van der Waals surface area contributed by atoms with Crippen LogP contribution in [0, 0.1) is 35.8 Å². The molecule has 0 aliphatic rings. The molecule has 1 aromatic carbocycles. The van der Waals surface area contributed by atoms with Crippen LogP contribution in [-0.2, 0) is 0 Å². The maximum absolute atomic E-state index is 11.7. The Bertz CT molecular complexity index is 796. The van der Waals surface area contributed by atoms with Crippen LogP contribution in [0.25, 0.3) is 0 Å². The summed E-state index contributed by atoms with van der Waals surface area (Å²) in [4.78, 5) is 13.5. The molecular formula is C19H28N6O2. The predicted octanol–water partition coefficient (Wildman–Crippen LogP) is 3.80. The Kier molecular flexibility index (Phi) is 6.65. The summed E-state index contributed by atoms with van der Waals surface area (Å²) in [6, 6.07) is 5.24. The van der Waals surface area contributed by atoms with E-state index in [1.54, 1.807) is 30.8 Å². The zero-order chi connectivity index (χ0) is 20.1. The lowest BCUT2D eigenvalue weighted by Crippen LogP contribution is -2.31. The summed E-state index contributed by atoms with van der Waals surface area (Å²) in [6.07, 6.45) is 1.59. The van der Waals surface area contributed by atoms with Crippen molar-refractivity contribution in [2.75, 3.05) is 18.0 Å². The third-order valence-corrected chi connectivity index (χ3v) is 3.98. The van der Waals surface area contributed by atoms with E-state index in [4.69, 9.17) is 0 Å². The van der Waals surface area contributed by atoms with Crippen LogP contribution in [0.15, 0.2) is 23.3 Å². The van der Waals surface area contributed by atoms with E-state index in [0.717, 1.165) is 13.1 Å². The van der Waals surface area contributed by atoms with E-state index in [0.29, 0.717) is 34.7 Å². The van der Waals surface area contributed by atoms with Gasteiger partial charge in [-0.2, -0.15) is 5.10 Å². The molecule has 0 amide bonds. The highest BCUT2D eigenvalue weighted by Crippen LogP contribution is 2.30. The molecule has 0 unspecified atom stereocenters. The summed E-state index contributed by atoms with van der Waals surface area (Å²) < 4.78 is 1.60. The number of hydrogen-bond donors (Lipinski definition) is 0. The molecule has 2 rings (SSSR count). The van der Waals surface area contributed by atoms with Crippen LogP contribution >= 0.6 is 0 Å². The van der Waals surface area contributed by atoms with Gasteiger partial charge in [0.05, 0.1) is 11.1 Å². The van der Waals surface area contributed by atoms with Gasteiger partial charge >= 0.3 is 0 Å². The molecule has 8 heteroatoms. The molecule has 0 aliphatic heterocycles. The lowest BCUT2D eigenvalue weighted by atomic mass is 10.1. The third kappa shape index (κ3) is 5.35. The minimum Gasteiger partial charge on any atom is -0.365 e. The van der Waals surface area contributed by atoms with Gasteiger partial charge < -0.3 is 4.90 Å². The zero-order valence-corrected chi connectivity index (χ0v) is 16.9. The van der Waals surface area contributed by atoms with Crippen LogP contribution in [-0.4, -0.2) is 39.1 Å². The molecule has 0 bridgehead atoms. The lowest BCUT2D eigenvalue weighted by Gasteiger charge is -2.28. The van der Waals surface area contributed by atoms with E-state index < -0.39 is 0 Å². The van der Waals surface area contributed by atoms with E-state index in [9.17, 15) is 10.1 Å². The molecule has 27 heavy (non-hydrogen) atoms. The first-order chi connectivity index (χ1) is 12.7. The normalized spacial score (nSPS) is 11.7. The SMILES string of the molecule is Cc1nnc(C)n1/N=C\c1ccc(N(CC(C)C)CC(C)C)c([N+](=O)[O-])c1. The molecule has 0 spiro atoms. The Morgan fingerprint density at radius 2 is 1.70 bits per heavy atom. The first-order valence-corrected chi connectivity index (χ1v) is 9.15. The number of anilines is 1. The number of aryl methyl sites for hydroxylation is 2. The van der Waals surface area contributed by atoms with Gasteiger partial charge in [0, 0.05) is 24.7 Å². The number of nitrogens with zero attached hydrogens (tertiary/aromatic N) is 6. The van der Waals surface area contributed by atoms with Crippen LogP contribution in [0.4, 0.5) is 11.4 Å². The monoisotopic (exact) mass is 372 g/mol. The molecule has 0 radical (unpaired) electrons. The second-order valence-electron chi connectivity index (χ2n) is 7.55. The van der Waals surface area contributed by atoms with Crippen molar-refractivity contribution in [1.29, 1.82) is 0 Å². The van der Waals surface area contributed by atoms with Gasteiger partial charge in [-0.1, -0.05) is 33.8 Å². The number of hydrogen-bond acceptors (Lipinski definition) is 6. The van der Waals surface area contributed by atoms with Crippen molar-refractivity contribution in [2.24, 2.45) is 16.9 Å². The van der Waals surface area contributed by atoms with E-state index in [1.807, 2.05) is 12.1 Å². The minimum atomic E-state index is -0.324. The topological polar surface area (TPSA) is 89.5 Å². The second-order valence-corrected chi connectivity index (χ2v) is 7.55. The molecule has 8 nitrogen and oxygen atoms in total. The first kappa shape index (κ1) is 20.5. The van der Waals surface area contributed by atoms with E-state index in [-0.39, 0.29) is 10.6 Å². The Morgan fingerprint density at radius 3 is 2.19 bits per heavy atom. The number of rotatable bonds is 8. The largest absolute Gasteiger partial charge is 0.365 e. The molecule has 0 aliphatic carbocycles. The maximum atomic E-state index is 11.7. The lowest BCUT2D eigenvalue weighted by molar-refractivity contribution is -0.384. The molecule has 0 N–H and O–H groups in total. The van der Waals surface area contributed by atoms with Crippen LogP contribution < -0.4 is 4.90 Å². The van der Waals surface area contributed by atoms with Gasteiger partial charge in [0.2, 0.25) is 0 Å². The predicted molar refractivity (Wildman–Crippen MR) is 107 cm³/mol. The smallest absolute Gasteiger partial charge is 0.293 e. The zero-order valence-electron chi connectivity index (χ0n) is 16.9. The standard InChI is InChI=1S/C19H28N6O2/c1-13(2)11-23(12-14(3)4)18-8-7-17(9-19(18)25(26)27)10-20-24-15(5)21-22-16(24)6/h7-10,13-14H,11-12H2,1-6H3/b20-10-. The molecule has 1 heterocycles. The van der Waals surface area contributed by atoms with Crippen LogP contribution in [0.3, 0.4) is 0 Å². The fourth-order valence-corrected chi connectivity index (χ4v) is 2.94. The van der Waals surface area contributed by atoms with Gasteiger partial charge in [-0.05, 0) is 31.7 Å². The summed E-state index contributed by atoms with van der Waals surface area (Å²) >= 11 is 0. The summed E-state index contributed by atoms with van der Waals surface area (Å²) in [6.45, 7) is 13.6. The van der Waals surface area contributed by atoms with Crippen LogP contribution in [0.2, 0.25) is 0 Å². The highest BCUT2D eigenvalue weighted by atomic mass is 16.6. The summed E-state index contributed by atoms with van der Waals surface area (Å²) in [7, 11) is 0. The molecule has 0 atom stereocenters. The fraction of sp³-hybridized carbons (Fsp3) is 0.526. The number of nitro groups is 1. The van der Waals surface area contributed by atoms with Gasteiger partial charge in [0.25, 0.3) is 5.69 Å². The molecule has 0 fully saturated rings. The Balaban J connectivity index is 2.39. The van der Waals surface area contributed by atoms with Crippen molar-refractivity contribution in [3.8, 4) is 0 Å². The highest BCUT2D eigenvalue weighted by Gasteiger charge is 2.21. The molecular weight excluding hydrogens is 344 g/mol. The highest BCUT2D eigenvalue weighted by molar-refractivity contribution is 5.83. The van der Waals surface area contributed by atoms with Crippen molar-refractivity contribution in [2.45, 2.75) is 41.5 Å². The van der Waals surface area contributed by atoms with Crippen molar-refractivity contribution >= 4 is 17.6 Å². The summed E-state index contributed by atoms with van der Waals surface area (Å²) in [5.74, 6) is 2.14. The minimum absolute atomic E-state index is 0.0949. The average Bonchev–Trinajstić information content (AvgIpc) is 2.89. The van der Waals surface area contributed by atoms with Crippen molar-refractivity contribution < 1.29 is 4.92 Å². The van der Waals surface area contributed by atoms with Crippen molar-refractivity contribution in [3.63, 3.8) is 0 Å². The quantitative estimate of drug-likeness (QED) is 0.399. The second kappa shape index (κ2) is 8.75. The average molecular weight is 372 g/mol. The first-order valence-electron chi connectivity index (χ1n) is 9.15. The molecule has 1 aromatic heterocycles. The Morgan fingerprint density at radius 1 is 1.15 bits per heavy atom. The fourth-order valence-electron chi connectivity index (χ4n) is 2.94. The van der Waals surface area contributed by atoms with Crippen LogP contribution in [0.5, 0.6) is 0 Å².